The number of pyridine rings is 2. The number of nitrogens with one attached hydrogen (secondary N) is 1. The second-order valence-electron chi connectivity index (χ2n) is 9.24. The molecule has 36 heavy (non-hydrogen) atoms. The average Bonchev–Trinajstić information content (AvgIpc) is 3.65. The molecule has 1 saturated carbocycles. The Morgan fingerprint density at radius 2 is 1.92 bits per heavy atom. The Morgan fingerprint density at radius 3 is 2.61 bits per heavy atom. The minimum Gasteiger partial charge on any atom is -0.493 e. The predicted molar refractivity (Wildman–Crippen MR) is 136 cm³/mol. The van der Waals surface area contributed by atoms with E-state index >= 15 is 0 Å². The van der Waals surface area contributed by atoms with Crippen molar-refractivity contribution < 1.29 is 29.9 Å². The molecule has 0 bridgehead atoms. The maximum absolute atomic E-state index is 14.3. The highest BCUT2D eigenvalue weighted by atomic mass is 32.2. The molecule has 194 valence electrons. The summed E-state index contributed by atoms with van der Waals surface area (Å²) < 4.78 is 53.3. The second kappa shape index (κ2) is 10.6. The third kappa shape index (κ3) is 6.57. The normalized spacial score (nSPS) is 13.5. The van der Waals surface area contributed by atoms with Crippen molar-refractivity contribution in [1.82, 2.24) is 14.7 Å². The molecule has 0 atom stereocenters. The molecule has 8 nitrogen and oxygen atoms in total. The van der Waals surface area contributed by atoms with Crippen molar-refractivity contribution in [2.24, 2.45) is 11.8 Å². The molecule has 10 heteroatoms. The van der Waals surface area contributed by atoms with Gasteiger partial charge in [0.25, 0.3) is 15.9 Å². The zero-order valence-corrected chi connectivity index (χ0v) is 21.1. The summed E-state index contributed by atoms with van der Waals surface area (Å²) in [5.41, 5.74) is 1.24. The highest BCUT2D eigenvalue weighted by Gasteiger charge is 2.26. The van der Waals surface area contributed by atoms with E-state index in [0.29, 0.717) is 41.8 Å². The molecule has 1 N–H and O–H groups in total. The SMILES string of the molecule is Cc1cccc(S(=O)(=O)NC(=O)c2ccc(-c3cc(F)cc(OCC(C)C)c3)nc2OCC2CC2)n1.[HH].[HH]. The summed E-state index contributed by atoms with van der Waals surface area (Å²) in [6, 6.07) is 11.7. The van der Waals surface area contributed by atoms with Gasteiger partial charge in [-0.25, -0.2) is 19.1 Å². The molecule has 2 heterocycles. The first-order valence-corrected chi connectivity index (χ1v) is 13.2. The lowest BCUT2D eigenvalue weighted by atomic mass is 10.1. The van der Waals surface area contributed by atoms with Gasteiger partial charge in [-0.05, 0) is 68.0 Å². The van der Waals surface area contributed by atoms with Gasteiger partial charge in [0.15, 0.2) is 5.03 Å². The molecular formula is C26H32FN3O5S. The number of hydrogen-bond acceptors (Lipinski definition) is 7. The van der Waals surface area contributed by atoms with E-state index in [4.69, 9.17) is 9.47 Å². The highest BCUT2D eigenvalue weighted by Crippen LogP contribution is 2.32. The molecule has 3 aromatic rings. The Labute approximate surface area is 212 Å². The van der Waals surface area contributed by atoms with E-state index in [2.05, 4.69) is 9.97 Å². The maximum atomic E-state index is 14.3. The zero-order valence-electron chi connectivity index (χ0n) is 20.3. The summed E-state index contributed by atoms with van der Waals surface area (Å²) in [6.45, 7) is 6.40. The third-order valence-electron chi connectivity index (χ3n) is 5.37. The molecule has 1 amide bonds. The number of aryl methyl sites for hydroxylation is 1. The fourth-order valence-corrected chi connectivity index (χ4v) is 4.30. The van der Waals surface area contributed by atoms with Gasteiger partial charge in [-0.15, -0.1) is 0 Å². The molecule has 0 spiro atoms. The Bertz CT molecular complexity index is 1390. The van der Waals surface area contributed by atoms with Crippen LogP contribution in [0.5, 0.6) is 11.6 Å². The highest BCUT2D eigenvalue weighted by molar-refractivity contribution is 7.90. The number of carbonyl (C=O) groups is 1. The quantitative estimate of drug-likeness (QED) is 0.402. The Hall–Kier alpha value is -3.53. The van der Waals surface area contributed by atoms with E-state index < -0.39 is 21.7 Å². The fraction of sp³-hybridized carbons (Fsp3) is 0.346. The summed E-state index contributed by atoms with van der Waals surface area (Å²) in [6.07, 6.45) is 2.02. The molecular weight excluding hydrogens is 485 g/mol. The van der Waals surface area contributed by atoms with Crippen LogP contribution in [-0.2, 0) is 10.0 Å². The van der Waals surface area contributed by atoms with E-state index in [1.165, 1.54) is 30.3 Å². The number of hydrogen-bond donors (Lipinski definition) is 1. The molecule has 4 rings (SSSR count). The van der Waals surface area contributed by atoms with Gasteiger partial charge < -0.3 is 9.47 Å². The number of halogens is 1. The van der Waals surface area contributed by atoms with Crippen molar-refractivity contribution in [1.29, 1.82) is 0 Å². The van der Waals surface area contributed by atoms with Gasteiger partial charge in [0.2, 0.25) is 5.88 Å². The Kier molecular flexibility index (Phi) is 7.53. The van der Waals surface area contributed by atoms with E-state index in [9.17, 15) is 17.6 Å². The monoisotopic (exact) mass is 517 g/mol. The van der Waals surface area contributed by atoms with E-state index in [0.717, 1.165) is 12.8 Å². The number of amides is 1. The fourth-order valence-electron chi connectivity index (χ4n) is 3.32. The predicted octanol–water partition coefficient (Wildman–Crippen LogP) is 5.03. The van der Waals surface area contributed by atoms with Crippen LogP contribution >= 0.6 is 0 Å². The summed E-state index contributed by atoms with van der Waals surface area (Å²) >= 11 is 0. The van der Waals surface area contributed by atoms with Crippen LogP contribution in [-0.4, -0.2) is 37.5 Å². The van der Waals surface area contributed by atoms with Gasteiger partial charge in [0.05, 0.1) is 18.9 Å². The first-order chi connectivity index (χ1) is 17.1. The molecule has 1 fully saturated rings. The van der Waals surface area contributed by atoms with Gasteiger partial charge in [-0.1, -0.05) is 19.9 Å². The van der Waals surface area contributed by atoms with Crippen LogP contribution in [0.4, 0.5) is 4.39 Å². The lowest BCUT2D eigenvalue weighted by Crippen LogP contribution is -2.31. The van der Waals surface area contributed by atoms with E-state index in [-0.39, 0.29) is 25.2 Å². The van der Waals surface area contributed by atoms with Crippen LogP contribution < -0.4 is 14.2 Å². The number of ether oxygens (including phenoxy) is 2. The van der Waals surface area contributed by atoms with Crippen LogP contribution in [0.25, 0.3) is 11.3 Å². The van der Waals surface area contributed by atoms with E-state index in [1.54, 1.807) is 25.1 Å². The Morgan fingerprint density at radius 1 is 1.14 bits per heavy atom. The molecule has 1 aliphatic carbocycles. The smallest absolute Gasteiger partial charge is 0.281 e. The molecule has 1 aliphatic rings. The van der Waals surface area contributed by atoms with Crippen molar-refractivity contribution in [2.75, 3.05) is 13.2 Å². The summed E-state index contributed by atoms with van der Waals surface area (Å²) in [5.74, 6) is -0.439. The Balaban J connectivity index is 0.00000253. The van der Waals surface area contributed by atoms with Crippen LogP contribution in [0.2, 0.25) is 0 Å². The first-order valence-electron chi connectivity index (χ1n) is 11.7. The lowest BCUT2D eigenvalue weighted by Gasteiger charge is -2.14. The largest absolute Gasteiger partial charge is 0.493 e. The maximum Gasteiger partial charge on any atom is 0.281 e. The lowest BCUT2D eigenvalue weighted by molar-refractivity contribution is 0.0976. The number of aromatic nitrogens is 2. The van der Waals surface area contributed by atoms with Gasteiger partial charge in [0, 0.05) is 20.2 Å². The van der Waals surface area contributed by atoms with Gasteiger partial charge in [0.1, 0.15) is 17.1 Å². The number of benzene rings is 1. The van der Waals surface area contributed by atoms with Crippen molar-refractivity contribution >= 4 is 15.9 Å². The standard InChI is InChI=1S/C26H28FN3O5S.2H2/c1-16(2)14-34-21-12-19(11-20(27)13-21)23-10-9-22(26(29-23)35-15-18-7-8-18)25(31)30-36(32,33)24-6-4-5-17(3)28-24;;/h4-6,9-13,16,18H,7-8,14-15H2,1-3H3,(H,30,31);2*1H. The molecule has 0 aliphatic heterocycles. The number of carbonyl (C=O) groups excluding carboxylic acids is 1. The van der Waals surface area contributed by atoms with Crippen LogP contribution in [0, 0.1) is 24.6 Å². The van der Waals surface area contributed by atoms with Gasteiger partial charge >= 0.3 is 0 Å². The number of sulfonamides is 1. The summed E-state index contributed by atoms with van der Waals surface area (Å²) in [5, 5.41) is -0.269. The first kappa shape index (κ1) is 25.6. The van der Waals surface area contributed by atoms with Gasteiger partial charge in [-0.3, -0.25) is 4.79 Å². The van der Waals surface area contributed by atoms with Gasteiger partial charge in [-0.2, -0.15) is 8.42 Å². The molecule has 0 radical (unpaired) electrons. The second-order valence-corrected chi connectivity index (χ2v) is 10.9. The number of rotatable bonds is 10. The number of nitrogens with zero attached hydrogens (tertiary/aromatic N) is 2. The summed E-state index contributed by atoms with van der Waals surface area (Å²) in [7, 11) is -4.21. The molecule has 0 unspecified atom stereocenters. The molecule has 0 saturated heterocycles. The van der Waals surface area contributed by atoms with Crippen LogP contribution in [0.15, 0.2) is 53.6 Å². The van der Waals surface area contributed by atoms with E-state index in [1.807, 2.05) is 18.6 Å². The molecule has 2 aromatic heterocycles. The van der Waals surface area contributed by atoms with Crippen molar-refractivity contribution in [3.63, 3.8) is 0 Å². The average molecular weight is 518 g/mol. The van der Waals surface area contributed by atoms with Crippen molar-refractivity contribution in [3.8, 4) is 22.9 Å². The van der Waals surface area contributed by atoms with Crippen LogP contribution in [0.3, 0.4) is 0 Å². The minimum atomic E-state index is -4.21. The third-order valence-corrected chi connectivity index (χ3v) is 6.61. The zero-order chi connectivity index (χ0) is 25.9. The minimum absolute atomic E-state index is 0. The van der Waals surface area contributed by atoms with Crippen LogP contribution in [0.1, 0.15) is 45.6 Å². The topological polar surface area (TPSA) is 107 Å². The molecule has 1 aromatic carbocycles. The summed E-state index contributed by atoms with van der Waals surface area (Å²) in [4.78, 5) is 21.4. The van der Waals surface area contributed by atoms with Crippen molar-refractivity contribution in [3.05, 3.63) is 65.6 Å². The van der Waals surface area contributed by atoms with Crippen molar-refractivity contribution in [2.45, 2.75) is 38.6 Å².